The van der Waals surface area contributed by atoms with Crippen molar-refractivity contribution in [3.05, 3.63) is 0 Å². The highest BCUT2D eigenvalue weighted by Gasteiger charge is 2.25. The maximum atomic E-state index is 11.7. The summed E-state index contributed by atoms with van der Waals surface area (Å²) in [7, 11) is 0. The number of hydrogen-bond donors (Lipinski definition) is 2. The van der Waals surface area contributed by atoms with Gasteiger partial charge in [0.25, 0.3) is 0 Å². The molecule has 2 N–H and O–H groups in total. The van der Waals surface area contributed by atoms with Gasteiger partial charge in [-0.1, -0.05) is 110 Å². The van der Waals surface area contributed by atoms with E-state index in [-0.39, 0.29) is 6.42 Å². The Morgan fingerprint density at radius 3 is 1.39 bits per heavy atom. The molecule has 2 atom stereocenters. The van der Waals surface area contributed by atoms with Crippen LogP contribution >= 0.6 is 0 Å². The summed E-state index contributed by atoms with van der Waals surface area (Å²) in [6.45, 7) is 1.50. The average Bonchev–Trinajstić information content (AvgIpc) is 2.69. The van der Waals surface area contributed by atoms with Gasteiger partial charge in [-0.15, -0.1) is 0 Å². The van der Waals surface area contributed by atoms with E-state index in [4.69, 9.17) is 5.11 Å². The van der Waals surface area contributed by atoms with Gasteiger partial charge in [-0.05, 0) is 6.42 Å². The summed E-state index contributed by atoms with van der Waals surface area (Å²) < 4.78 is 0. The van der Waals surface area contributed by atoms with Gasteiger partial charge in [0.1, 0.15) is 6.10 Å². The number of unbranched alkanes of at least 4 members (excludes halogenated alkanes) is 15. The first-order chi connectivity index (χ1) is 13.5. The standard InChI is InChI=1S/C23H44O5/c1-2-3-4-5-6-7-8-9-10-11-12-13-14-15-16-17-18-20(23(27)28)22(26)21(25)19-24/h20-21,24-25H,2-19H2,1H3,(H,27,28)/p-1. The fraction of sp³-hybridized carbons (Fsp3) is 0.913. The number of aliphatic carboxylic acids is 1. The molecule has 0 aromatic rings. The number of hydrogen-bond acceptors (Lipinski definition) is 5. The number of carboxylic acid groups (broad SMARTS) is 1. The van der Waals surface area contributed by atoms with Gasteiger partial charge in [0.05, 0.1) is 18.5 Å². The van der Waals surface area contributed by atoms with Gasteiger partial charge in [0, 0.05) is 0 Å². The van der Waals surface area contributed by atoms with Gasteiger partial charge >= 0.3 is 0 Å². The maximum Gasteiger partial charge on any atom is 0.172 e. The van der Waals surface area contributed by atoms with Crippen LogP contribution in [0.2, 0.25) is 0 Å². The van der Waals surface area contributed by atoms with Crippen molar-refractivity contribution < 1.29 is 24.9 Å². The smallest absolute Gasteiger partial charge is 0.172 e. The summed E-state index contributed by atoms with van der Waals surface area (Å²) in [5, 5.41) is 29.1. The van der Waals surface area contributed by atoms with Crippen LogP contribution in [0.15, 0.2) is 0 Å². The molecule has 0 aliphatic carbocycles. The lowest BCUT2D eigenvalue weighted by Crippen LogP contribution is -2.42. The van der Waals surface area contributed by atoms with E-state index < -0.39 is 30.4 Å². The number of ketones is 1. The van der Waals surface area contributed by atoms with E-state index in [2.05, 4.69) is 6.92 Å². The van der Waals surface area contributed by atoms with Gasteiger partial charge in [-0.2, -0.15) is 0 Å². The Morgan fingerprint density at radius 2 is 1.07 bits per heavy atom. The fourth-order valence-corrected chi connectivity index (χ4v) is 3.60. The highest BCUT2D eigenvalue weighted by Crippen LogP contribution is 2.16. The van der Waals surface area contributed by atoms with Gasteiger partial charge in [-0.3, -0.25) is 4.79 Å². The summed E-state index contributed by atoms with van der Waals surface area (Å²) in [6.07, 6.45) is 18.3. The lowest BCUT2D eigenvalue weighted by Gasteiger charge is -2.19. The monoisotopic (exact) mass is 399 g/mol. The molecule has 0 aromatic heterocycles. The summed E-state index contributed by atoms with van der Waals surface area (Å²) in [4.78, 5) is 22.7. The van der Waals surface area contributed by atoms with E-state index in [0.29, 0.717) is 6.42 Å². The van der Waals surface area contributed by atoms with Crippen LogP contribution in [0.3, 0.4) is 0 Å². The highest BCUT2D eigenvalue weighted by molar-refractivity contribution is 5.99. The lowest BCUT2D eigenvalue weighted by atomic mass is 9.93. The number of carbonyl (C=O) groups is 2. The van der Waals surface area contributed by atoms with Crippen molar-refractivity contribution >= 4 is 11.8 Å². The van der Waals surface area contributed by atoms with E-state index in [1.807, 2.05) is 0 Å². The number of rotatable bonds is 21. The average molecular weight is 400 g/mol. The SMILES string of the molecule is CCCCCCCCCCCCCCCCCCC(C(=O)[O-])C(=O)C(O)CO. The Balaban J connectivity index is 3.45. The van der Waals surface area contributed by atoms with Crippen LogP contribution in [-0.2, 0) is 9.59 Å². The number of carboxylic acids is 1. The second-order valence-electron chi connectivity index (χ2n) is 8.06. The molecule has 0 saturated heterocycles. The largest absolute Gasteiger partial charge is 0.549 e. The molecule has 28 heavy (non-hydrogen) atoms. The first-order valence-electron chi connectivity index (χ1n) is 11.6. The van der Waals surface area contributed by atoms with Crippen LogP contribution in [0, 0.1) is 5.92 Å². The van der Waals surface area contributed by atoms with Crippen molar-refractivity contribution in [2.75, 3.05) is 6.61 Å². The first-order valence-corrected chi connectivity index (χ1v) is 11.6. The predicted octanol–water partition coefficient (Wildman–Crippen LogP) is 3.93. The number of aliphatic hydroxyl groups is 2. The zero-order valence-electron chi connectivity index (χ0n) is 18.0. The minimum absolute atomic E-state index is 0.177. The van der Waals surface area contributed by atoms with Gasteiger partial charge < -0.3 is 20.1 Å². The first kappa shape index (κ1) is 27.1. The Morgan fingerprint density at radius 1 is 0.714 bits per heavy atom. The molecule has 166 valence electrons. The van der Waals surface area contributed by atoms with Crippen molar-refractivity contribution in [2.45, 2.75) is 122 Å². The molecule has 5 nitrogen and oxygen atoms in total. The van der Waals surface area contributed by atoms with E-state index in [0.717, 1.165) is 19.3 Å². The predicted molar refractivity (Wildman–Crippen MR) is 111 cm³/mol. The van der Waals surface area contributed by atoms with E-state index in [1.165, 1.54) is 77.0 Å². The van der Waals surface area contributed by atoms with Gasteiger partial charge in [0.15, 0.2) is 5.78 Å². The second kappa shape index (κ2) is 19.4. The van der Waals surface area contributed by atoms with Crippen LogP contribution < -0.4 is 5.11 Å². The van der Waals surface area contributed by atoms with Gasteiger partial charge in [-0.25, -0.2) is 0 Å². The Hall–Kier alpha value is -0.940. The van der Waals surface area contributed by atoms with Crippen LogP contribution in [-0.4, -0.2) is 34.7 Å². The zero-order valence-corrected chi connectivity index (χ0v) is 18.0. The molecule has 0 fully saturated rings. The molecular formula is C23H43O5-. The maximum absolute atomic E-state index is 11.7. The normalized spacial score (nSPS) is 13.4. The summed E-state index contributed by atoms with van der Waals surface area (Å²) >= 11 is 0. The molecule has 0 radical (unpaired) electrons. The van der Waals surface area contributed by atoms with Crippen molar-refractivity contribution in [2.24, 2.45) is 5.92 Å². The molecule has 0 aliphatic heterocycles. The molecule has 0 heterocycles. The van der Waals surface area contributed by atoms with Crippen molar-refractivity contribution in [3.63, 3.8) is 0 Å². The quantitative estimate of drug-likeness (QED) is 0.225. The third-order valence-electron chi connectivity index (χ3n) is 5.48. The number of aliphatic hydroxyl groups excluding tert-OH is 2. The molecule has 2 unspecified atom stereocenters. The molecule has 0 saturated carbocycles. The third-order valence-corrected chi connectivity index (χ3v) is 5.48. The van der Waals surface area contributed by atoms with Crippen molar-refractivity contribution in [3.8, 4) is 0 Å². The fourth-order valence-electron chi connectivity index (χ4n) is 3.60. The third kappa shape index (κ3) is 15.0. The van der Waals surface area contributed by atoms with Crippen LogP contribution in [0.25, 0.3) is 0 Å². The van der Waals surface area contributed by atoms with Crippen LogP contribution in [0.1, 0.15) is 116 Å². The Kier molecular flexibility index (Phi) is 18.7. The topological polar surface area (TPSA) is 97.7 Å². The summed E-state index contributed by atoms with van der Waals surface area (Å²) in [6, 6.07) is 0. The summed E-state index contributed by atoms with van der Waals surface area (Å²) in [5.41, 5.74) is 0. The molecule has 0 spiro atoms. The van der Waals surface area contributed by atoms with Crippen LogP contribution in [0.5, 0.6) is 0 Å². The second-order valence-corrected chi connectivity index (χ2v) is 8.06. The minimum atomic E-state index is -1.62. The van der Waals surface area contributed by atoms with Crippen LogP contribution in [0.4, 0.5) is 0 Å². The van der Waals surface area contributed by atoms with E-state index >= 15 is 0 Å². The molecule has 0 aromatic carbocycles. The lowest BCUT2D eigenvalue weighted by molar-refractivity contribution is -0.310. The zero-order chi connectivity index (χ0) is 21.0. The molecule has 0 bridgehead atoms. The van der Waals surface area contributed by atoms with E-state index in [9.17, 15) is 19.8 Å². The molecular weight excluding hydrogens is 356 g/mol. The van der Waals surface area contributed by atoms with Gasteiger partial charge in [0.2, 0.25) is 0 Å². The number of Topliss-reactive ketones (excluding diaryl/α,β-unsaturated/α-hetero) is 1. The van der Waals surface area contributed by atoms with Crippen molar-refractivity contribution in [1.29, 1.82) is 0 Å². The molecule has 5 heteroatoms. The molecule has 0 amide bonds. The Bertz CT molecular complexity index is 383. The minimum Gasteiger partial charge on any atom is -0.549 e. The highest BCUT2D eigenvalue weighted by atomic mass is 16.4. The van der Waals surface area contributed by atoms with E-state index in [1.54, 1.807) is 0 Å². The molecule has 0 aliphatic rings. The summed E-state index contributed by atoms with van der Waals surface area (Å²) in [5.74, 6) is -3.62. The Labute approximate surface area is 171 Å². The van der Waals surface area contributed by atoms with Crippen molar-refractivity contribution in [1.82, 2.24) is 0 Å². The molecule has 0 rings (SSSR count). The number of carbonyl (C=O) groups excluding carboxylic acids is 2.